The van der Waals surface area contributed by atoms with Gasteiger partial charge >= 0.3 is 5.97 Å². The monoisotopic (exact) mass is 528 g/mol. The summed E-state index contributed by atoms with van der Waals surface area (Å²) < 4.78 is 0. The van der Waals surface area contributed by atoms with Gasteiger partial charge in [-0.05, 0) is 54.7 Å². The van der Waals surface area contributed by atoms with Gasteiger partial charge in [0.2, 0.25) is 17.7 Å². The van der Waals surface area contributed by atoms with Gasteiger partial charge in [0.25, 0.3) is 0 Å². The molecule has 0 spiro atoms. The second-order valence-corrected chi connectivity index (χ2v) is 9.18. The van der Waals surface area contributed by atoms with Crippen LogP contribution in [0, 0.1) is 0 Å². The Morgan fingerprint density at radius 1 is 0.868 bits per heavy atom. The molecule has 1 aliphatic rings. The summed E-state index contributed by atoms with van der Waals surface area (Å²) >= 11 is 0. The first-order valence-electron chi connectivity index (χ1n) is 12.1. The topological polar surface area (TPSA) is 203 Å². The van der Waals surface area contributed by atoms with Crippen LogP contribution in [0.15, 0.2) is 48.5 Å². The largest absolute Gasteiger partial charge is 0.508 e. The number of carboxylic acid groups (broad SMARTS) is 1. The first kappa shape index (κ1) is 28.4. The lowest BCUT2D eigenvalue weighted by Crippen LogP contribution is -2.58. The maximum absolute atomic E-state index is 13.2. The normalized spacial score (nSPS) is 17.3. The molecule has 0 aromatic heterocycles. The van der Waals surface area contributed by atoms with Gasteiger partial charge in [-0.15, -0.1) is 0 Å². The van der Waals surface area contributed by atoms with Crippen LogP contribution in [0.5, 0.6) is 11.5 Å². The zero-order chi connectivity index (χ0) is 27.8. The number of carbonyl (C=O) groups excluding carboxylic acids is 3. The lowest BCUT2D eigenvalue weighted by Gasteiger charge is -2.28. The summed E-state index contributed by atoms with van der Waals surface area (Å²) in [6, 6.07) is 7.43. The van der Waals surface area contributed by atoms with Crippen LogP contribution >= 0.6 is 0 Å². The van der Waals surface area contributed by atoms with Crippen LogP contribution in [0.3, 0.4) is 0 Å². The summed E-state index contributed by atoms with van der Waals surface area (Å²) in [6.45, 7) is -0.588. The Balaban J connectivity index is 1.74. The summed E-state index contributed by atoms with van der Waals surface area (Å²) in [5.41, 5.74) is 7.34. The van der Waals surface area contributed by atoms with Gasteiger partial charge < -0.3 is 41.7 Å². The third kappa shape index (κ3) is 7.43. The zero-order valence-electron chi connectivity index (χ0n) is 20.6. The maximum atomic E-state index is 13.2. The highest BCUT2D eigenvalue weighted by Gasteiger charge is 2.38. The van der Waals surface area contributed by atoms with E-state index in [1.54, 1.807) is 24.3 Å². The number of aromatic hydroxyl groups is 2. The van der Waals surface area contributed by atoms with Gasteiger partial charge in [0.05, 0.1) is 12.6 Å². The molecule has 1 aliphatic heterocycles. The number of nitrogens with two attached hydrogens (primary N) is 1. The van der Waals surface area contributed by atoms with Gasteiger partial charge in [-0.25, -0.2) is 4.79 Å². The van der Waals surface area contributed by atoms with Gasteiger partial charge in [0, 0.05) is 13.0 Å². The quantitative estimate of drug-likeness (QED) is 0.196. The summed E-state index contributed by atoms with van der Waals surface area (Å²) in [5, 5.41) is 43.2. The molecule has 3 rings (SSSR count). The molecule has 204 valence electrons. The Morgan fingerprint density at radius 2 is 1.39 bits per heavy atom. The van der Waals surface area contributed by atoms with Crippen molar-refractivity contribution >= 4 is 23.7 Å². The van der Waals surface area contributed by atoms with E-state index in [9.17, 15) is 39.6 Å². The van der Waals surface area contributed by atoms with E-state index in [2.05, 4.69) is 10.6 Å². The first-order valence-corrected chi connectivity index (χ1v) is 12.1. The molecule has 1 fully saturated rings. The number of hydrogen-bond acceptors (Lipinski definition) is 8. The average molecular weight is 529 g/mol. The van der Waals surface area contributed by atoms with Crippen molar-refractivity contribution in [3.63, 3.8) is 0 Å². The molecule has 3 amide bonds. The molecule has 12 heteroatoms. The number of likely N-dealkylation sites (tertiary alicyclic amines) is 1. The fraction of sp³-hybridized carbons (Fsp3) is 0.385. The van der Waals surface area contributed by atoms with Gasteiger partial charge in [-0.1, -0.05) is 24.3 Å². The Morgan fingerprint density at radius 3 is 1.92 bits per heavy atom. The lowest BCUT2D eigenvalue weighted by atomic mass is 10.0. The SMILES string of the molecule is N[C@@H](Cc1ccc(O)cc1)C(=O)N[C@@H](Cc1ccc(O)cc1)C(=O)N[C@@H](CO)C(=O)N1CCC[C@H]1C(=O)O. The molecule has 12 nitrogen and oxygen atoms in total. The molecule has 0 bridgehead atoms. The third-order valence-electron chi connectivity index (χ3n) is 6.36. The zero-order valence-corrected chi connectivity index (χ0v) is 20.6. The van der Waals surface area contributed by atoms with Gasteiger partial charge in [-0.3, -0.25) is 14.4 Å². The summed E-state index contributed by atoms with van der Waals surface area (Å²) in [7, 11) is 0. The van der Waals surface area contributed by atoms with Crippen LogP contribution in [0.4, 0.5) is 0 Å². The van der Waals surface area contributed by atoms with Gasteiger partial charge in [0.1, 0.15) is 29.6 Å². The van der Waals surface area contributed by atoms with E-state index in [0.29, 0.717) is 17.5 Å². The molecule has 38 heavy (non-hydrogen) atoms. The molecule has 2 aromatic rings. The Labute approximate surface area is 219 Å². The number of carboxylic acids is 1. The number of amides is 3. The van der Waals surface area contributed by atoms with Crippen LogP contribution in [-0.4, -0.2) is 86.3 Å². The van der Waals surface area contributed by atoms with Crippen molar-refractivity contribution in [3.8, 4) is 11.5 Å². The summed E-state index contributed by atoms with van der Waals surface area (Å²) in [4.78, 5) is 51.7. The van der Waals surface area contributed by atoms with Crippen molar-refractivity contribution in [2.45, 2.75) is 49.9 Å². The number of aliphatic hydroxyl groups is 1. The van der Waals surface area contributed by atoms with Crippen LogP contribution in [0.25, 0.3) is 0 Å². The van der Waals surface area contributed by atoms with E-state index >= 15 is 0 Å². The van der Waals surface area contributed by atoms with Gasteiger partial charge in [-0.2, -0.15) is 0 Å². The van der Waals surface area contributed by atoms with E-state index in [-0.39, 0.29) is 37.3 Å². The highest BCUT2D eigenvalue weighted by Crippen LogP contribution is 2.19. The van der Waals surface area contributed by atoms with E-state index in [4.69, 9.17) is 5.73 Å². The number of phenolic OH excluding ortho intramolecular Hbond substituents is 2. The molecule has 0 unspecified atom stereocenters. The number of nitrogens with zero attached hydrogens (tertiary/aromatic N) is 1. The minimum absolute atomic E-state index is 0.0132. The standard InChI is InChI=1S/C26H32N4O8/c27-19(12-15-3-7-17(32)8-4-15)23(34)28-20(13-16-5-9-18(33)10-6-16)24(35)29-21(14-31)25(36)30-11-1-2-22(30)26(37)38/h3-10,19-22,31-33H,1-2,11-14,27H2,(H,28,34)(H,29,35)(H,37,38)/t19-,20-,21-,22-/m0/s1. The molecule has 0 saturated carbocycles. The minimum Gasteiger partial charge on any atom is -0.508 e. The Hall–Kier alpha value is -4.16. The third-order valence-corrected chi connectivity index (χ3v) is 6.36. The summed E-state index contributed by atoms with van der Waals surface area (Å²) in [5.74, 6) is -3.24. The Kier molecular flexibility index (Phi) is 9.63. The smallest absolute Gasteiger partial charge is 0.326 e. The van der Waals surface area contributed by atoms with E-state index in [1.807, 2.05) is 0 Å². The van der Waals surface area contributed by atoms with Crippen LogP contribution in [0.1, 0.15) is 24.0 Å². The van der Waals surface area contributed by atoms with Crippen molar-refractivity contribution in [1.29, 1.82) is 0 Å². The second-order valence-electron chi connectivity index (χ2n) is 9.18. The first-order chi connectivity index (χ1) is 18.1. The van der Waals surface area contributed by atoms with Crippen molar-refractivity contribution in [1.82, 2.24) is 15.5 Å². The molecule has 8 N–H and O–H groups in total. The number of rotatable bonds is 11. The second kappa shape index (κ2) is 12.9. The van der Waals surface area contributed by atoms with Crippen molar-refractivity contribution in [2.24, 2.45) is 5.73 Å². The molecular formula is C26H32N4O8. The van der Waals surface area contributed by atoms with Crippen LogP contribution in [0.2, 0.25) is 0 Å². The van der Waals surface area contributed by atoms with Crippen molar-refractivity contribution in [2.75, 3.05) is 13.2 Å². The molecule has 0 aliphatic carbocycles. The van der Waals surface area contributed by atoms with Crippen LogP contribution in [-0.2, 0) is 32.0 Å². The van der Waals surface area contributed by atoms with Crippen molar-refractivity contribution in [3.05, 3.63) is 59.7 Å². The van der Waals surface area contributed by atoms with E-state index in [1.165, 1.54) is 24.3 Å². The predicted molar refractivity (Wildman–Crippen MR) is 135 cm³/mol. The number of aliphatic carboxylic acids is 1. The number of nitrogens with one attached hydrogen (secondary N) is 2. The number of carbonyl (C=O) groups is 4. The Bertz CT molecular complexity index is 1140. The predicted octanol–water partition coefficient (Wildman–Crippen LogP) is -0.752. The number of benzene rings is 2. The molecule has 1 heterocycles. The van der Waals surface area contributed by atoms with Crippen LogP contribution < -0.4 is 16.4 Å². The summed E-state index contributed by atoms with van der Waals surface area (Å²) in [6.07, 6.45) is 0.861. The molecule has 0 radical (unpaired) electrons. The van der Waals surface area contributed by atoms with E-state index < -0.39 is 54.5 Å². The maximum Gasteiger partial charge on any atom is 0.326 e. The highest BCUT2D eigenvalue weighted by atomic mass is 16.4. The molecule has 1 saturated heterocycles. The average Bonchev–Trinajstić information content (AvgIpc) is 3.39. The number of hydrogen-bond donors (Lipinski definition) is 7. The fourth-order valence-corrected chi connectivity index (χ4v) is 4.28. The van der Waals surface area contributed by atoms with Gasteiger partial charge in [0.15, 0.2) is 0 Å². The molecular weight excluding hydrogens is 496 g/mol. The minimum atomic E-state index is -1.41. The van der Waals surface area contributed by atoms with Crippen molar-refractivity contribution < 1.29 is 39.6 Å². The molecule has 4 atom stereocenters. The fourth-order valence-electron chi connectivity index (χ4n) is 4.28. The van der Waals surface area contributed by atoms with E-state index in [0.717, 1.165) is 4.90 Å². The molecule has 2 aromatic carbocycles. The highest BCUT2D eigenvalue weighted by molar-refractivity contribution is 5.94. The number of phenols is 2. The lowest BCUT2D eigenvalue weighted by molar-refractivity contribution is -0.150. The number of aliphatic hydroxyl groups excluding tert-OH is 1.